The fraction of sp³-hybridized carbons (Fsp3) is 0.500. The van der Waals surface area contributed by atoms with Gasteiger partial charge in [0.2, 0.25) is 0 Å². The molecule has 0 amide bonds. The van der Waals surface area contributed by atoms with Gasteiger partial charge in [0.05, 0.1) is 5.92 Å². The Hall–Kier alpha value is -1.31. The van der Waals surface area contributed by atoms with E-state index >= 15 is 0 Å². The van der Waals surface area contributed by atoms with Gasteiger partial charge in [-0.05, 0) is 36.8 Å². The fourth-order valence-corrected chi connectivity index (χ4v) is 1.98. The summed E-state index contributed by atoms with van der Waals surface area (Å²) >= 11 is 0. The number of carboxylic acid groups (broad SMARTS) is 1. The number of aliphatic carboxylic acids is 1. The van der Waals surface area contributed by atoms with E-state index in [1.807, 2.05) is 19.1 Å². The van der Waals surface area contributed by atoms with E-state index in [-0.39, 0.29) is 5.92 Å². The predicted octanol–water partition coefficient (Wildman–Crippen LogP) is 3.29. The van der Waals surface area contributed by atoms with Gasteiger partial charge in [0.15, 0.2) is 0 Å². The molecule has 0 saturated carbocycles. The lowest BCUT2D eigenvalue weighted by molar-refractivity contribution is -0.142. The number of rotatable bonds is 6. The van der Waals surface area contributed by atoms with Crippen LogP contribution in [0.25, 0.3) is 0 Å². The topological polar surface area (TPSA) is 37.3 Å². The molecule has 0 fully saturated rings. The molecule has 0 radical (unpaired) electrons. The van der Waals surface area contributed by atoms with Gasteiger partial charge in [-0.3, -0.25) is 4.79 Å². The third kappa shape index (κ3) is 3.37. The van der Waals surface area contributed by atoms with Crippen LogP contribution in [-0.2, 0) is 17.6 Å². The maximum atomic E-state index is 10.9. The third-order valence-electron chi connectivity index (χ3n) is 3.10. The molecule has 0 aliphatic heterocycles. The summed E-state index contributed by atoms with van der Waals surface area (Å²) in [5.41, 5.74) is 2.63. The summed E-state index contributed by atoms with van der Waals surface area (Å²) in [5, 5.41) is 8.98. The van der Waals surface area contributed by atoms with Gasteiger partial charge in [-0.2, -0.15) is 0 Å². The SMILES string of the molecule is CCc1ccccc1CCC(CC)C(=O)O. The Morgan fingerprint density at radius 3 is 2.38 bits per heavy atom. The highest BCUT2D eigenvalue weighted by Gasteiger charge is 2.14. The summed E-state index contributed by atoms with van der Waals surface area (Å²) in [6.07, 6.45) is 3.33. The molecule has 0 spiro atoms. The molecule has 2 heteroatoms. The highest BCUT2D eigenvalue weighted by Crippen LogP contribution is 2.17. The molecule has 1 atom stereocenters. The molecule has 0 heterocycles. The first kappa shape index (κ1) is 12.8. The lowest BCUT2D eigenvalue weighted by Crippen LogP contribution is -2.13. The summed E-state index contributed by atoms with van der Waals surface area (Å²) in [7, 11) is 0. The van der Waals surface area contributed by atoms with Gasteiger partial charge >= 0.3 is 5.97 Å². The third-order valence-corrected chi connectivity index (χ3v) is 3.10. The van der Waals surface area contributed by atoms with Crippen LogP contribution in [0, 0.1) is 5.92 Å². The highest BCUT2D eigenvalue weighted by atomic mass is 16.4. The zero-order valence-electron chi connectivity index (χ0n) is 10.1. The lowest BCUT2D eigenvalue weighted by Gasteiger charge is -2.11. The van der Waals surface area contributed by atoms with Gasteiger partial charge in [-0.15, -0.1) is 0 Å². The quantitative estimate of drug-likeness (QED) is 0.798. The molecule has 0 aliphatic rings. The molecule has 88 valence electrons. The molecular weight excluding hydrogens is 200 g/mol. The van der Waals surface area contributed by atoms with Crippen LogP contribution in [0.4, 0.5) is 0 Å². The molecule has 16 heavy (non-hydrogen) atoms. The Labute approximate surface area is 97.3 Å². The number of hydrogen-bond acceptors (Lipinski definition) is 1. The molecule has 1 aromatic carbocycles. The van der Waals surface area contributed by atoms with E-state index in [1.54, 1.807) is 0 Å². The number of benzene rings is 1. The van der Waals surface area contributed by atoms with E-state index in [1.165, 1.54) is 11.1 Å². The average Bonchev–Trinajstić information content (AvgIpc) is 2.30. The van der Waals surface area contributed by atoms with Crippen molar-refractivity contribution < 1.29 is 9.90 Å². The monoisotopic (exact) mass is 220 g/mol. The summed E-state index contributed by atoms with van der Waals surface area (Å²) in [5.74, 6) is -0.874. The van der Waals surface area contributed by atoms with Gasteiger partial charge < -0.3 is 5.11 Å². The largest absolute Gasteiger partial charge is 0.481 e. The lowest BCUT2D eigenvalue weighted by atomic mass is 9.94. The van der Waals surface area contributed by atoms with Gasteiger partial charge in [0.25, 0.3) is 0 Å². The van der Waals surface area contributed by atoms with Crippen LogP contribution in [0.3, 0.4) is 0 Å². The molecule has 2 nitrogen and oxygen atoms in total. The molecule has 0 aromatic heterocycles. The van der Waals surface area contributed by atoms with E-state index in [4.69, 9.17) is 5.11 Å². The second-order valence-corrected chi connectivity index (χ2v) is 4.10. The maximum Gasteiger partial charge on any atom is 0.306 e. The Morgan fingerprint density at radius 2 is 1.88 bits per heavy atom. The van der Waals surface area contributed by atoms with Crippen molar-refractivity contribution in [3.63, 3.8) is 0 Å². The summed E-state index contributed by atoms with van der Waals surface area (Å²) < 4.78 is 0. The molecule has 0 aliphatic carbocycles. The molecule has 0 saturated heterocycles. The van der Waals surface area contributed by atoms with Crippen LogP contribution >= 0.6 is 0 Å². The molecule has 1 N–H and O–H groups in total. The second-order valence-electron chi connectivity index (χ2n) is 4.10. The van der Waals surface area contributed by atoms with Gasteiger partial charge in [-0.25, -0.2) is 0 Å². The number of carboxylic acids is 1. The molecule has 0 bridgehead atoms. The van der Waals surface area contributed by atoms with Crippen molar-refractivity contribution in [1.29, 1.82) is 0 Å². The predicted molar refractivity (Wildman–Crippen MR) is 65.6 cm³/mol. The number of aryl methyl sites for hydroxylation is 2. The Morgan fingerprint density at radius 1 is 1.25 bits per heavy atom. The Bertz CT molecular complexity index is 344. The second kappa shape index (κ2) is 6.31. The van der Waals surface area contributed by atoms with E-state index < -0.39 is 5.97 Å². The minimum atomic E-state index is -0.670. The van der Waals surface area contributed by atoms with Crippen LogP contribution in [0.1, 0.15) is 37.8 Å². The summed E-state index contributed by atoms with van der Waals surface area (Å²) in [6, 6.07) is 8.29. The first-order valence-corrected chi connectivity index (χ1v) is 5.98. The van der Waals surface area contributed by atoms with Crippen LogP contribution in [0.15, 0.2) is 24.3 Å². The minimum Gasteiger partial charge on any atom is -0.481 e. The standard InChI is InChI=1S/C14H20O2/c1-3-11-7-5-6-8-13(11)10-9-12(4-2)14(15)16/h5-8,12H,3-4,9-10H2,1-2H3,(H,15,16). The zero-order chi connectivity index (χ0) is 12.0. The van der Waals surface area contributed by atoms with Crippen LogP contribution < -0.4 is 0 Å². The van der Waals surface area contributed by atoms with Crippen molar-refractivity contribution in [3.05, 3.63) is 35.4 Å². The average molecular weight is 220 g/mol. The molecular formula is C14H20O2. The van der Waals surface area contributed by atoms with Crippen molar-refractivity contribution in [3.8, 4) is 0 Å². The summed E-state index contributed by atoms with van der Waals surface area (Å²) in [4.78, 5) is 10.9. The first-order chi connectivity index (χ1) is 7.69. The molecule has 1 unspecified atom stereocenters. The molecule has 1 aromatic rings. The van der Waals surface area contributed by atoms with Crippen LogP contribution in [0.2, 0.25) is 0 Å². The van der Waals surface area contributed by atoms with Crippen molar-refractivity contribution in [2.24, 2.45) is 5.92 Å². The van der Waals surface area contributed by atoms with Crippen molar-refractivity contribution >= 4 is 5.97 Å². The first-order valence-electron chi connectivity index (χ1n) is 5.98. The number of carbonyl (C=O) groups is 1. The van der Waals surface area contributed by atoms with Crippen molar-refractivity contribution in [2.75, 3.05) is 0 Å². The van der Waals surface area contributed by atoms with E-state index in [0.717, 1.165) is 19.3 Å². The maximum absolute atomic E-state index is 10.9. The summed E-state index contributed by atoms with van der Waals surface area (Å²) in [6.45, 7) is 4.07. The van der Waals surface area contributed by atoms with E-state index in [9.17, 15) is 4.79 Å². The zero-order valence-corrected chi connectivity index (χ0v) is 10.1. The van der Waals surface area contributed by atoms with Gasteiger partial charge in [-0.1, -0.05) is 38.1 Å². The number of hydrogen-bond donors (Lipinski definition) is 1. The highest BCUT2D eigenvalue weighted by molar-refractivity contribution is 5.69. The smallest absolute Gasteiger partial charge is 0.306 e. The normalized spacial score (nSPS) is 12.4. The van der Waals surface area contributed by atoms with Gasteiger partial charge in [0, 0.05) is 0 Å². The van der Waals surface area contributed by atoms with Crippen molar-refractivity contribution in [1.82, 2.24) is 0 Å². The van der Waals surface area contributed by atoms with E-state index in [0.29, 0.717) is 6.42 Å². The molecule has 1 rings (SSSR count). The fourth-order valence-electron chi connectivity index (χ4n) is 1.98. The van der Waals surface area contributed by atoms with Gasteiger partial charge in [0.1, 0.15) is 0 Å². The Kier molecular flexibility index (Phi) is 5.03. The Balaban J connectivity index is 2.63. The van der Waals surface area contributed by atoms with E-state index in [2.05, 4.69) is 19.1 Å². The van der Waals surface area contributed by atoms with Crippen molar-refractivity contribution in [2.45, 2.75) is 39.5 Å². The van der Waals surface area contributed by atoms with Crippen LogP contribution in [-0.4, -0.2) is 11.1 Å². The van der Waals surface area contributed by atoms with Crippen LogP contribution in [0.5, 0.6) is 0 Å². The minimum absolute atomic E-state index is 0.204.